The highest BCUT2D eigenvalue weighted by molar-refractivity contribution is 7.11. The highest BCUT2D eigenvalue weighted by Crippen LogP contribution is 2.22. The van der Waals surface area contributed by atoms with Crippen LogP contribution in [0.2, 0.25) is 0 Å². The van der Waals surface area contributed by atoms with Crippen molar-refractivity contribution in [3.05, 3.63) is 15.6 Å². The highest BCUT2D eigenvalue weighted by atomic mass is 32.1. The van der Waals surface area contributed by atoms with E-state index in [1.165, 1.54) is 4.88 Å². The number of piperidine rings is 1. The second kappa shape index (κ2) is 6.44. The molecule has 1 aromatic heterocycles. The third kappa shape index (κ3) is 4.51. The summed E-state index contributed by atoms with van der Waals surface area (Å²) in [7, 11) is 0. The van der Waals surface area contributed by atoms with E-state index in [1.807, 2.05) is 20.8 Å². The summed E-state index contributed by atoms with van der Waals surface area (Å²) in [4.78, 5) is 20.4. The number of carbonyl (C=O) groups is 1. The number of amides is 1. The number of hydrogen-bond acceptors (Lipinski definition) is 4. The highest BCUT2D eigenvalue weighted by Gasteiger charge is 2.27. The van der Waals surface area contributed by atoms with Crippen LogP contribution in [0.3, 0.4) is 0 Å². The van der Waals surface area contributed by atoms with Crippen molar-refractivity contribution in [2.75, 3.05) is 13.1 Å². The van der Waals surface area contributed by atoms with Crippen LogP contribution in [0.4, 0.5) is 0 Å². The van der Waals surface area contributed by atoms with Crippen LogP contribution in [0.1, 0.15) is 49.2 Å². The van der Waals surface area contributed by atoms with Crippen LogP contribution in [0.5, 0.6) is 0 Å². The SMILES string of the molecule is Cc1nc(C)c(CN2CCCC(NC(=O)C(C)(C)C)C2)s1. The van der Waals surface area contributed by atoms with Crippen molar-refractivity contribution in [1.82, 2.24) is 15.2 Å². The lowest BCUT2D eigenvalue weighted by Crippen LogP contribution is -2.50. The predicted octanol–water partition coefficient (Wildman–Crippen LogP) is 2.89. The summed E-state index contributed by atoms with van der Waals surface area (Å²) in [5.41, 5.74) is 0.839. The van der Waals surface area contributed by atoms with Crippen LogP contribution >= 0.6 is 11.3 Å². The molecule has 0 saturated carbocycles. The van der Waals surface area contributed by atoms with E-state index in [0.717, 1.165) is 43.2 Å². The van der Waals surface area contributed by atoms with E-state index in [9.17, 15) is 4.79 Å². The number of nitrogens with one attached hydrogen (secondary N) is 1. The second-order valence-corrected chi connectivity index (χ2v) is 8.33. The van der Waals surface area contributed by atoms with E-state index in [-0.39, 0.29) is 17.4 Å². The van der Waals surface area contributed by atoms with E-state index in [0.29, 0.717) is 0 Å². The Balaban J connectivity index is 1.92. The molecule has 1 aliphatic heterocycles. The Labute approximate surface area is 132 Å². The first kappa shape index (κ1) is 16.4. The van der Waals surface area contributed by atoms with Gasteiger partial charge in [-0.05, 0) is 33.2 Å². The van der Waals surface area contributed by atoms with Crippen LogP contribution in [0.15, 0.2) is 0 Å². The Kier molecular flexibility index (Phi) is 5.04. The molecule has 21 heavy (non-hydrogen) atoms. The zero-order valence-electron chi connectivity index (χ0n) is 13.8. The van der Waals surface area contributed by atoms with Gasteiger partial charge >= 0.3 is 0 Å². The van der Waals surface area contributed by atoms with E-state index >= 15 is 0 Å². The van der Waals surface area contributed by atoms with Crippen molar-refractivity contribution in [2.45, 2.75) is 60.0 Å². The molecule has 1 fully saturated rings. The topological polar surface area (TPSA) is 45.2 Å². The molecule has 0 aliphatic carbocycles. The van der Waals surface area contributed by atoms with Gasteiger partial charge in [0.05, 0.1) is 10.7 Å². The molecule has 1 aromatic rings. The Morgan fingerprint density at radius 3 is 2.71 bits per heavy atom. The van der Waals surface area contributed by atoms with Crippen LogP contribution in [-0.2, 0) is 11.3 Å². The van der Waals surface area contributed by atoms with Gasteiger partial charge in [-0.3, -0.25) is 9.69 Å². The Bertz CT molecular complexity index is 504. The zero-order chi connectivity index (χ0) is 15.6. The summed E-state index contributed by atoms with van der Waals surface area (Å²) >= 11 is 1.79. The van der Waals surface area contributed by atoms with Gasteiger partial charge in [-0.15, -0.1) is 11.3 Å². The lowest BCUT2D eigenvalue weighted by atomic mass is 9.94. The molecule has 5 heteroatoms. The lowest BCUT2D eigenvalue weighted by Gasteiger charge is -2.34. The van der Waals surface area contributed by atoms with Crippen LogP contribution < -0.4 is 5.32 Å². The van der Waals surface area contributed by atoms with Gasteiger partial charge in [0.2, 0.25) is 5.91 Å². The van der Waals surface area contributed by atoms with Crippen LogP contribution in [-0.4, -0.2) is 34.9 Å². The summed E-state index contributed by atoms with van der Waals surface area (Å²) in [6.07, 6.45) is 2.23. The van der Waals surface area contributed by atoms with Gasteiger partial charge in [0.15, 0.2) is 0 Å². The molecule has 118 valence electrons. The Hall–Kier alpha value is -0.940. The lowest BCUT2D eigenvalue weighted by molar-refractivity contribution is -0.129. The van der Waals surface area contributed by atoms with Gasteiger partial charge in [0.1, 0.15) is 0 Å². The summed E-state index contributed by atoms with van der Waals surface area (Å²) in [5, 5.41) is 4.34. The minimum Gasteiger partial charge on any atom is -0.352 e. The molecule has 0 radical (unpaired) electrons. The van der Waals surface area contributed by atoms with E-state index in [2.05, 4.69) is 29.0 Å². The molecule has 1 atom stereocenters. The summed E-state index contributed by atoms with van der Waals surface area (Å²) in [6.45, 7) is 13.0. The number of aromatic nitrogens is 1. The molecule has 0 bridgehead atoms. The average Bonchev–Trinajstić information content (AvgIpc) is 2.67. The molecule has 0 aromatic carbocycles. The second-order valence-electron chi connectivity index (χ2n) is 7.04. The largest absolute Gasteiger partial charge is 0.352 e. The maximum Gasteiger partial charge on any atom is 0.225 e. The van der Waals surface area contributed by atoms with Crippen molar-refractivity contribution >= 4 is 17.2 Å². The number of aryl methyl sites for hydroxylation is 2. The predicted molar refractivity (Wildman–Crippen MR) is 87.5 cm³/mol. The average molecular weight is 309 g/mol. The first-order valence-electron chi connectivity index (χ1n) is 7.72. The Morgan fingerprint density at radius 1 is 1.43 bits per heavy atom. The number of rotatable bonds is 3. The number of thiazole rings is 1. The van der Waals surface area contributed by atoms with Gasteiger partial charge in [-0.2, -0.15) is 0 Å². The normalized spacial score (nSPS) is 20.5. The molecule has 1 aliphatic rings. The van der Waals surface area contributed by atoms with Crippen LogP contribution in [0, 0.1) is 19.3 Å². The molecule has 1 N–H and O–H groups in total. The zero-order valence-corrected chi connectivity index (χ0v) is 14.6. The standard InChI is InChI=1S/C16H27N3OS/c1-11-14(21-12(2)17-11)10-19-8-6-7-13(9-19)18-15(20)16(3,4)5/h13H,6-10H2,1-5H3,(H,18,20). The molecule has 0 spiro atoms. The minimum absolute atomic E-state index is 0.152. The van der Waals surface area contributed by atoms with E-state index < -0.39 is 0 Å². The van der Waals surface area contributed by atoms with E-state index in [4.69, 9.17) is 0 Å². The monoisotopic (exact) mass is 309 g/mol. The Morgan fingerprint density at radius 2 is 2.14 bits per heavy atom. The molecule has 1 amide bonds. The first-order chi connectivity index (χ1) is 9.75. The van der Waals surface area contributed by atoms with Gasteiger partial charge in [-0.1, -0.05) is 20.8 Å². The van der Waals surface area contributed by atoms with Gasteiger partial charge in [0.25, 0.3) is 0 Å². The molecule has 1 unspecified atom stereocenters. The fraction of sp³-hybridized carbons (Fsp3) is 0.750. The van der Waals surface area contributed by atoms with Crippen LogP contribution in [0.25, 0.3) is 0 Å². The van der Waals surface area contributed by atoms with Crippen molar-refractivity contribution in [1.29, 1.82) is 0 Å². The summed E-state index contributed by atoms with van der Waals surface area (Å²) < 4.78 is 0. The molecule has 4 nitrogen and oxygen atoms in total. The first-order valence-corrected chi connectivity index (χ1v) is 8.53. The maximum atomic E-state index is 12.1. The number of carbonyl (C=O) groups excluding carboxylic acids is 1. The number of hydrogen-bond donors (Lipinski definition) is 1. The van der Waals surface area contributed by atoms with Crippen molar-refractivity contribution < 1.29 is 4.79 Å². The number of likely N-dealkylation sites (tertiary alicyclic amines) is 1. The number of nitrogens with zero attached hydrogens (tertiary/aromatic N) is 2. The van der Waals surface area contributed by atoms with Crippen molar-refractivity contribution in [3.8, 4) is 0 Å². The molecule has 2 heterocycles. The molecule has 2 rings (SSSR count). The van der Waals surface area contributed by atoms with Crippen molar-refractivity contribution in [3.63, 3.8) is 0 Å². The fourth-order valence-corrected chi connectivity index (χ4v) is 3.62. The van der Waals surface area contributed by atoms with Crippen molar-refractivity contribution in [2.24, 2.45) is 5.41 Å². The van der Waals surface area contributed by atoms with Gasteiger partial charge in [-0.25, -0.2) is 4.98 Å². The third-order valence-electron chi connectivity index (χ3n) is 3.89. The van der Waals surface area contributed by atoms with Gasteiger partial charge < -0.3 is 5.32 Å². The minimum atomic E-state index is -0.312. The summed E-state index contributed by atoms with van der Waals surface area (Å²) in [6, 6.07) is 0.278. The molecular formula is C16H27N3OS. The quantitative estimate of drug-likeness (QED) is 0.934. The smallest absolute Gasteiger partial charge is 0.225 e. The van der Waals surface area contributed by atoms with E-state index in [1.54, 1.807) is 11.3 Å². The van der Waals surface area contributed by atoms with Gasteiger partial charge in [0, 0.05) is 29.4 Å². The summed E-state index contributed by atoms with van der Waals surface area (Å²) in [5.74, 6) is 0.152. The third-order valence-corrected chi connectivity index (χ3v) is 4.95. The maximum absolute atomic E-state index is 12.1. The molecular weight excluding hydrogens is 282 g/mol. The molecule has 1 saturated heterocycles. The fourth-order valence-electron chi connectivity index (χ4n) is 2.64.